The molecule has 4 nitrogen and oxygen atoms in total. The lowest BCUT2D eigenvalue weighted by Crippen LogP contribution is -2.33. The highest BCUT2D eigenvalue weighted by Gasteiger charge is 2.29. The number of anilines is 1. The summed E-state index contributed by atoms with van der Waals surface area (Å²) in [7, 11) is 0. The lowest BCUT2D eigenvalue weighted by Gasteiger charge is -2.15. The van der Waals surface area contributed by atoms with Crippen LogP contribution in [-0.2, 0) is 4.79 Å². The molecular formula is C11H11N3O. The van der Waals surface area contributed by atoms with Crippen LogP contribution in [0.1, 0.15) is 12.0 Å². The molecule has 1 heterocycles. The van der Waals surface area contributed by atoms with Crippen LogP contribution in [0.4, 0.5) is 5.69 Å². The molecule has 2 N–H and O–H groups in total. The van der Waals surface area contributed by atoms with Gasteiger partial charge in [0.25, 0.3) is 0 Å². The summed E-state index contributed by atoms with van der Waals surface area (Å²) in [5, 5.41) is 8.64. The van der Waals surface area contributed by atoms with E-state index in [1.807, 2.05) is 6.07 Å². The number of benzene rings is 1. The molecule has 0 unspecified atom stereocenters. The Hall–Kier alpha value is -1.86. The van der Waals surface area contributed by atoms with Crippen molar-refractivity contribution in [2.45, 2.75) is 12.5 Å². The summed E-state index contributed by atoms with van der Waals surface area (Å²) in [6, 6.07) is 8.61. The minimum Gasteiger partial charge on any atom is -0.320 e. The van der Waals surface area contributed by atoms with Crippen molar-refractivity contribution in [1.29, 1.82) is 5.26 Å². The number of hydrogen-bond acceptors (Lipinski definition) is 3. The lowest BCUT2D eigenvalue weighted by atomic mass is 10.2. The molecule has 15 heavy (non-hydrogen) atoms. The highest BCUT2D eigenvalue weighted by atomic mass is 16.2. The van der Waals surface area contributed by atoms with Gasteiger partial charge in [-0.3, -0.25) is 4.79 Å². The van der Waals surface area contributed by atoms with E-state index in [4.69, 9.17) is 11.0 Å². The van der Waals surface area contributed by atoms with Crippen LogP contribution >= 0.6 is 0 Å². The number of nitriles is 1. The van der Waals surface area contributed by atoms with E-state index in [0.29, 0.717) is 18.5 Å². The number of carbonyl (C=O) groups excluding carboxylic acids is 1. The van der Waals surface area contributed by atoms with Crippen molar-refractivity contribution >= 4 is 11.6 Å². The highest BCUT2D eigenvalue weighted by Crippen LogP contribution is 2.20. The van der Waals surface area contributed by atoms with E-state index in [9.17, 15) is 4.79 Å². The lowest BCUT2D eigenvalue weighted by molar-refractivity contribution is -0.118. The molecule has 0 spiro atoms. The Labute approximate surface area is 87.9 Å². The average molecular weight is 201 g/mol. The standard InChI is InChI=1S/C11H11N3O/c12-7-8-1-3-9(4-2-8)14-6-5-10(13)11(14)15/h1-4,10H,5-6,13H2/t10-/m1/s1. The molecule has 1 aromatic rings. The Morgan fingerprint density at radius 2 is 2.07 bits per heavy atom. The zero-order valence-electron chi connectivity index (χ0n) is 8.18. The van der Waals surface area contributed by atoms with Crippen molar-refractivity contribution in [1.82, 2.24) is 0 Å². The summed E-state index contributed by atoms with van der Waals surface area (Å²) < 4.78 is 0. The van der Waals surface area contributed by atoms with E-state index in [0.717, 1.165) is 5.69 Å². The monoisotopic (exact) mass is 201 g/mol. The maximum Gasteiger partial charge on any atom is 0.243 e. The van der Waals surface area contributed by atoms with Crippen molar-refractivity contribution in [3.8, 4) is 6.07 Å². The van der Waals surface area contributed by atoms with Gasteiger partial charge in [-0.15, -0.1) is 0 Å². The van der Waals surface area contributed by atoms with Crippen molar-refractivity contribution < 1.29 is 4.79 Å². The predicted octanol–water partition coefficient (Wildman–Crippen LogP) is 0.622. The van der Waals surface area contributed by atoms with Gasteiger partial charge in [0.15, 0.2) is 0 Å². The number of carbonyl (C=O) groups is 1. The van der Waals surface area contributed by atoms with E-state index in [1.54, 1.807) is 29.2 Å². The number of hydrogen-bond donors (Lipinski definition) is 1. The summed E-state index contributed by atoms with van der Waals surface area (Å²) in [6.07, 6.45) is 0.693. The van der Waals surface area contributed by atoms with Gasteiger partial charge in [-0.1, -0.05) is 0 Å². The topological polar surface area (TPSA) is 70.1 Å². The second-order valence-corrected chi connectivity index (χ2v) is 3.54. The zero-order valence-corrected chi connectivity index (χ0v) is 8.18. The average Bonchev–Trinajstić information content (AvgIpc) is 2.60. The molecule has 0 aromatic heterocycles. The molecule has 1 saturated heterocycles. The second kappa shape index (κ2) is 3.71. The fraction of sp³-hybridized carbons (Fsp3) is 0.273. The molecule has 0 bridgehead atoms. The predicted molar refractivity (Wildman–Crippen MR) is 56.1 cm³/mol. The van der Waals surface area contributed by atoms with Crippen molar-refractivity contribution in [2.24, 2.45) is 5.73 Å². The zero-order chi connectivity index (χ0) is 10.8. The minimum absolute atomic E-state index is 0.0419. The van der Waals surface area contributed by atoms with Crippen molar-refractivity contribution in [2.75, 3.05) is 11.4 Å². The van der Waals surface area contributed by atoms with Gasteiger partial charge >= 0.3 is 0 Å². The number of nitrogens with two attached hydrogens (primary N) is 1. The maximum atomic E-state index is 11.6. The Kier molecular flexibility index (Phi) is 2.40. The molecule has 76 valence electrons. The minimum atomic E-state index is -0.374. The van der Waals surface area contributed by atoms with Gasteiger partial charge in [-0.05, 0) is 30.7 Å². The van der Waals surface area contributed by atoms with Crippen LogP contribution in [0.5, 0.6) is 0 Å². The highest BCUT2D eigenvalue weighted by molar-refractivity contribution is 5.99. The molecule has 1 fully saturated rings. The summed E-state index contributed by atoms with van der Waals surface area (Å²) in [5.41, 5.74) is 7.02. The summed E-state index contributed by atoms with van der Waals surface area (Å²) in [4.78, 5) is 13.3. The SMILES string of the molecule is N#Cc1ccc(N2CC[C@@H](N)C2=O)cc1. The summed E-state index contributed by atoms with van der Waals surface area (Å²) >= 11 is 0. The van der Waals surface area contributed by atoms with Crippen LogP contribution in [0, 0.1) is 11.3 Å². The fourth-order valence-corrected chi connectivity index (χ4v) is 1.67. The molecule has 0 aliphatic carbocycles. The smallest absolute Gasteiger partial charge is 0.243 e. The van der Waals surface area contributed by atoms with E-state index in [1.165, 1.54) is 0 Å². The molecule has 1 amide bonds. The Balaban J connectivity index is 2.24. The first-order valence-electron chi connectivity index (χ1n) is 4.79. The van der Waals surface area contributed by atoms with Gasteiger partial charge in [0.2, 0.25) is 5.91 Å². The van der Waals surface area contributed by atoms with E-state index >= 15 is 0 Å². The third-order valence-electron chi connectivity index (χ3n) is 2.56. The maximum absolute atomic E-state index is 11.6. The molecule has 1 aliphatic heterocycles. The molecule has 1 aliphatic rings. The Morgan fingerprint density at radius 1 is 1.40 bits per heavy atom. The second-order valence-electron chi connectivity index (χ2n) is 3.54. The first-order valence-corrected chi connectivity index (χ1v) is 4.79. The van der Waals surface area contributed by atoms with Gasteiger partial charge < -0.3 is 10.6 Å². The van der Waals surface area contributed by atoms with E-state index in [2.05, 4.69) is 0 Å². The molecule has 2 rings (SSSR count). The van der Waals surface area contributed by atoms with Crippen LogP contribution in [0.25, 0.3) is 0 Å². The molecule has 4 heteroatoms. The molecule has 0 radical (unpaired) electrons. The van der Waals surface area contributed by atoms with Gasteiger partial charge in [0.05, 0.1) is 17.7 Å². The molecule has 1 aromatic carbocycles. The van der Waals surface area contributed by atoms with Crippen LogP contribution < -0.4 is 10.6 Å². The van der Waals surface area contributed by atoms with Crippen LogP contribution in [0.15, 0.2) is 24.3 Å². The molecule has 1 atom stereocenters. The molecular weight excluding hydrogens is 190 g/mol. The number of nitrogens with zero attached hydrogens (tertiary/aromatic N) is 2. The van der Waals surface area contributed by atoms with Crippen LogP contribution in [-0.4, -0.2) is 18.5 Å². The van der Waals surface area contributed by atoms with Crippen LogP contribution in [0.2, 0.25) is 0 Å². The van der Waals surface area contributed by atoms with Gasteiger partial charge in [0, 0.05) is 12.2 Å². The quantitative estimate of drug-likeness (QED) is 0.724. The van der Waals surface area contributed by atoms with Crippen molar-refractivity contribution in [3.05, 3.63) is 29.8 Å². The first-order chi connectivity index (χ1) is 7.22. The van der Waals surface area contributed by atoms with Crippen LogP contribution in [0.3, 0.4) is 0 Å². The largest absolute Gasteiger partial charge is 0.320 e. The van der Waals surface area contributed by atoms with E-state index in [-0.39, 0.29) is 11.9 Å². The number of amides is 1. The summed E-state index contributed by atoms with van der Waals surface area (Å²) in [5.74, 6) is -0.0419. The Bertz CT molecular complexity index is 418. The number of rotatable bonds is 1. The summed E-state index contributed by atoms with van der Waals surface area (Å²) in [6.45, 7) is 0.659. The first kappa shape index (κ1) is 9.69. The normalized spacial score (nSPS) is 20.4. The van der Waals surface area contributed by atoms with Gasteiger partial charge in [0.1, 0.15) is 0 Å². The molecule has 0 saturated carbocycles. The van der Waals surface area contributed by atoms with Crippen molar-refractivity contribution in [3.63, 3.8) is 0 Å². The third kappa shape index (κ3) is 1.69. The van der Waals surface area contributed by atoms with Gasteiger partial charge in [-0.25, -0.2) is 0 Å². The fourth-order valence-electron chi connectivity index (χ4n) is 1.67. The van der Waals surface area contributed by atoms with E-state index < -0.39 is 0 Å². The Morgan fingerprint density at radius 3 is 2.53 bits per heavy atom. The third-order valence-corrected chi connectivity index (χ3v) is 2.56. The van der Waals surface area contributed by atoms with Gasteiger partial charge in [-0.2, -0.15) is 5.26 Å².